The lowest BCUT2D eigenvalue weighted by molar-refractivity contribution is 0.0526. The summed E-state index contributed by atoms with van der Waals surface area (Å²) in [5.74, 6) is 0.279. The molecule has 2 N–H and O–H groups in total. The van der Waals surface area contributed by atoms with E-state index >= 15 is 0 Å². The molecule has 0 bridgehead atoms. The Hall–Kier alpha value is -2.31. The number of amidine groups is 1. The van der Waals surface area contributed by atoms with E-state index in [9.17, 15) is 4.79 Å². The standard InChI is InChI=1S/C18H18ClN3O2S/c1-2-24-17(23)15-9-8-14(10-16(15)19)11-21-22-18(20)25-12-13-6-4-3-5-7-13/h3-11H,2,12H2,1H3,(H2,20,22). The number of nitrogens with zero attached hydrogens (tertiary/aromatic N) is 2. The Balaban J connectivity index is 1.94. The number of rotatable bonds is 6. The maximum absolute atomic E-state index is 11.7. The highest BCUT2D eigenvalue weighted by Crippen LogP contribution is 2.18. The van der Waals surface area contributed by atoms with Crippen molar-refractivity contribution in [1.82, 2.24) is 0 Å². The molecule has 2 aromatic carbocycles. The average Bonchev–Trinajstić information content (AvgIpc) is 2.61. The van der Waals surface area contributed by atoms with E-state index in [-0.39, 0.29) is 0 Å². The van der Waals surface area contributed by atoms with E-state index in [4.69, 9.17) is 22.1 Å². The van der Waals surface area contributed by atoms with Crippen LogP contribution in [-0.2, 0) is 10.5 Å². The molecule has 7 heteroatoms. The highest BCUT2D eigenvalue weighted by molar-refractivity contribution is 8.13. The van der Waals surface area contributed by atoms with Crippen LogP contribution >= 0.6 is 23.4 Å². The Morgan fingerprint density at radius 1 is 1.28 bits per heavy atom. The fourth-order valence-electron chi connectivity index (χ4n) is 1.90. The monoisotopic (exact) mass is 375 g/mol. The lowest BCUT2D eigenvalue weighted by atomic mass is 10.1. The van der Waals surface area contributed by atoms with Gasteiger partial charge in [0.2, 0.25) is 0 Å². The number of hydrogen-bond acceptors (Lipinski definition) is 5. The number of thioether (sulfide) groups is 1. The fraction of sp³-hybridized carbons (Fsp3) is 0.167. The first-order valence-corrected chi connectivity index (χ1v) is 8.96. The predicted molar refractivity (Wildman–Crippen MR) is 104 cm³/mol. The van der Waals surface area contributed by atoms with Crippen LogP contribution in [0.15, 0.2) is 58.7 Å². The molecule has 0 atom stereocenters. The van der Waals surface area contributed by atoms with Crippen molar-refractivity contribution in [3.63, 3.8) is 0 Å². The van der Waals surface area contributed by atoms with Crippen LogP contribution in [0.1, 0.15) is 28.4 Å². The largest absolute Gasteiger partial charge is 0.462 e. The summed E-state index contributed by atoms with van der Waals surface area (Å²) in [6.07, 6.45) is 1.52. The number of halogens is 1. The molecule has 0 saturated carbocycles. The van der Waals surface area contributed by atoms with Gasteiger partial charge in [-0.15, -0.1) is 5.10 Å². The second kappa shape index (κ2) is 9.86. The average molecular weight is 376 g/mol. The van der Waals surface area contributed by atoms with E-state index < -0.39 is 5.97 Å². The van der Waals surface area contributed by atoms with E-state index in [0.29, 0.717) is 27.9 Å². The number of hydrogen-bond donors (Lipinski definition) is 1. The number of ether oxygens (including phenoxy) is 1. The third-order valence-corrected chi connectivity index (χ3v) is 4.25. The molecule has 0 fully saturated rings. The van der Waals surface area contributed by atoms with Gasteiger partial charge in [0.15, 0.2) is 5.17 Å². The van der Waals surface area contributed by atoms with Gasteiger partial charge in [-0.3, -0.25) is 0 Å². The second-order valence-corrected chi connectivity index (χ2v) is 6.32. The van der Waals surface area contributed by atoms with Crippen LogP contribution in [0.3, 0.4) is 0 Å². The van der Waals surface area contributed by atoms with Gasteiger partial charge in [0.25, 0.3) is 0 Å². The van der Waals surface area contributed by atoms with Gasteiger partial charge >= 0.3 is 5.97 Å². The number of benzene rings is 2. The molecular weight excluding hydrogens is 358 g/mol. The molecule has 0 saturated heterocycles. The molecule has 25 heavy (non-hydrogen) atoms. The van der Waals surface area contributed by atoms with Crippen molar-refractivity contribution >= 4 is 40.7 Å². The van der Waals surface area contributed by atoms with Crippen LogP contribution in [0.2, 0.25) is 5.02 Å². The summed E-state index contributed by atoms with van der Waals surface area (Å²) < 4.78 is 4.93. The zero-order valence-electron chi connectivity index (χ0n) is 13.7. The summed E-state index contributed by atoms with van der Waals surface area (Å²) in [4.78, 5) is 11.7. The van der Waals surface area contributed by atoms with Gasteiger partial charge in [0.1, 0.15) is 0 Å². The maximum Gasteiger partial charge on any atom is 0.339 e. The zero-order valence-corrected chi connectivity index (χ0v) is 15.3. The molecule has 0 amide bonds. The van der Waals surface area contributed by atoms with E-state index in [2.05, 4.69) is 10.2 Å². The predicted octanol–water partition coefficient (Wildman–Crippen LogP) is 4.10. The summed E-state index contributed by atoms with van der Waals surface area (Å²) in [7, 11) is 0. The molecule has 0 unspecified atom stereocenters. The summed E-state index contributed by atoms with van der Waals surface area (Å²) in [6.45, 7) is 2.04. The molecule has 130 valence electrons. The first kappa shape index (κ1) is 19.0. The Kier molecular flexibility index (Phi) is 7.50. The molecule has 5 nitrogen and oxygen atoms in total. The normalized spacial score (nSPS) is 11.7. The van der Waals surface area contributed by atoms with Crippen LogP contribution < -0.4 is 5.73 Å². The number of carbonyl (C=O) groups excluding carboxylic acids is 1. The molecule has 2 aromatic rings. The van der Waals surface area contributed by atoms with Crippen LogP contribution in [0.5, 0.6) is 0 Å². The first-order chi connectivity index (χ1) is 12.1. The van der Waals surface area contributed by atoms with Crippen LogP contribution in [0.4, 0.5) is 0 Å². The van der Waals surface area contributed by atoms with Crippen molar-refractivity contribution in [3.8, 4) is 0 Å². The highest BCUT2D eigenvalue weighted by atomic mass is 35.5. The minimum absolute atomic E-state index is 0.299. The number of esters is 1. The van der Waals surface area contributed by atoms with Gasteiger partial charge in [-0.2, -0.15) is 5.10 Å². The lowest BCUT2D eigenvalue weighted by Crippen LogP contribution is -2.06. The van der Waals surface area contributed by atoms with E-state index in [1.807, 2.05) is 30.3 Å². The van der Waals surface area contributed by atoms with Gasteiger partial charge in [0, 0.05) is 5.75 Å². The van der Waals surface area contributed by atoms with Crippen LogP contribution in [0.25, 0.3) is 0 Å². The lowest BCUT2D eigenvalue weighted by Gasteiger charge is -2.04. The van der Waals surface area contributed by atoms with Gasteiger partial charge in [-0.1, -0.05) is 59.8 Å². The maximum atomic E-state index is 11.7. The Labute approximate surface area is 155 Å². The molecule has 0 aliphatic carbocycles. The first-order valence-electron chi connectivity index (χ1n) is 7.60. The third-order valence-electron chi connectivity index (χ3n) is 3.08. The van der Waals surface area contributed by atoms with E-state index in [0.717, 1.165) is 11.3 Å². The molecule has 0 aromatic heterocycles. The van der Waals surface area contributed by atoms with Crippen molar-refractivity contribution < 1.29 is 9.53 Å². The van der Waals surface area contributed by atoms with Gasteiger partial charge in [-0.05, 0) is 30.2 Å². The highest BCUT2D eigenvalue weighted by Gasteiger charge is 2.11. The third kappa shape index (κ3) is 6.25. The smallest absolute Gasteiger partial charge is 0.339 e. The number of nitrogens with two attached hydrogens (primary N) is 1. The minimum atomic E-state index is -0.449. The Morgan fingerprint density at radius 2 is 2.04 bits per heavy atom. The Morgan fingerprint density at radius 3 is 2.72 bits per heavy atom. The van der Waals surface area contributed by atoms with Crippen molar-refractivity contribution in [3.05, 3.63) is 70.2 Å². The zero-order chi connectivity index (χ0) is 18.1. The van der Waals surface area contributed by atoms with Crippen molar-refractivity contribution in [2.75, 3.05) is 6.61 Å². The SMILES string of the molecule is CCOC(=O)c1ccc(C=NN=C(N)SCc2ccccc2)cc1Cl. The van der Waals surface area contributed by atoms with Crippen LogP contribution in [-0.4, -0.2) is 24.0 Å². The summed E-state index contributed by atoms with van der Waals surface area (Å²) >= 11 is 7.50. The fourth-order valence-corrected chi connectivity index (χ4v) is 2.78. The second-order valence-electron chi connectivity index (χ2n) is 4.92. The molecular formula is C18H18ClN3O2S. The summed E-state index contributed by atoms with van der Waals surface area (Å²) in [6, 6.07) is 14.9. The van der Waals surface area contributed by atoms with Crippen LogP contribution in [0, 0.1) is 0 Å². The minimum Gasteiger partial charge on any atom is -0.462 e. The van der Waals surface area contributed by atoms with Gasteiger partial charge in [-0.25, -0.2) is 4.79 Å². The van der Waals surface area contributed by atoms with E-state index in [1.54, 1.807) is 25.1 Å². The molecule has 0 aliphatic heterocycles. The topological polar surface area (TPSA) is 77.0 Å². The van der Waals surface area contributed by atoms with Crippen molar-refractivity contribution in [2.45, 2.75) is 12.7 Å². The van der Waals surface area contributed by atoms with Crippen molar-refractivity contribution in [2.24, 2.45) is 15.9 Å². The molecule has 0 spiro atoms. The van der Waals surface area contributed by atoms with Crippen molar-refractivity contribution in [1.29, 1.82) is 0 Å². The number of carbonyl (C=O) groups is 1. The quantitative estimate of drug-likeness (QED) is 0.357. The Bertz CT molecular complexity index is 779. The molecule has 0 heterocycles. The molecule has 2 rings (SSSR count). The summed E-state index contributed by atoms with van der Waals surface area (Å²) in [5, 5.41) is 8.56. The van der Waals surface area contributed by atoms with Gasteiger partial charge in [0.05, 0.1) is 23.4 Å². The summed E-state index contributed by atoms with van der Waals surface area (Å²) in [5.41, 5.74) is 8.02. The molecule has 0 aliphatic rings. The molecule has 0 radical (unpaired) electrons. The van der Waals surface area contributed by atoms with Gasteiger partial charge < -0.3 is 10.5 Å². The van der Waals surface area contributed by atoms with E-state index in [1.165, 1.54) is 18.0 Å².